The second kappa shape index (κ2) is 9.73. The molecular formula is C26H25FN4O2. The molecule has 3 aromatic carbocycles. The molecule has 0 aromatic heterocycles. The van der Waals surface area contributed by atoms with Crippen molar-refractivity contribution in [3.8, 4) is 11.5 Å². The Morgan fingerprint density at radius 2 is 1.12 bits per heavy atom. The van der Waals surface area contributed by atoms with E-state index in [-0.39, 0.29) is 24.7 Å². The van der Waals surface area contributed by atoms with E-state index in [4.69, 9.17) is 9.47 Å². The van der Waals surface area contributed by atoms with Crippen LogP contribution in [0, 0.1) is 5.82 Å². The second-order valence-corrected chi connectivity index (χ2v) is 7.85. The average molecular weight is 445 g/mol. The van der Waals surface area contributed by atoms with Gasteiger partial charge in [-0.05, 0) is 23.3 Å². The van der Waals surface area contributed by atoms with Gasteiger partial charge < -0.3 is 20.1 Å². The van der Waals surface area contributed by atoms with Crippen LogP contribution in [-0.4, -0.2) is 37.9 Å². The quantitative estimate of drug-likeness (QED) is 0.556. The highest BCUT2D eigenvalue weighted by molar-refractivity contribution is 6.00. The van der Waals surface area contributed by atoms with Gasteiger partial charge in [0.05, 0.1) is 13.1 Å². The Hall–Kier alpha value is -3.87. The molecule has 2 aliphatic heterocycles. The van der Waals surface area contributed by atoms with Crippen LogP contribution in [0.1, 0.15) is 22.3 Å². The summed E-state index contributed by atoms with van der Waals surface area (Å²) in [6.07, 6.45) is 0. The minimum absolute atomic E-state index is 0.166. The maximum atomic E-state index is 14.9. The fourth-order valence-corrected chi connectivity index (χ4v) is 3.74. The van der Waals surface area contributed by atoms with E-state index in [1.807, 2.05) is 48.5 Å². The molecule has 2 aliphatic rings. The third-order valence-electron chi connectivity index (χ3n) is 5.52. The van der Waals surface area contributed by atoms with Crippen molar-refractivity contribution in [3.63, 3.8) is 0 Å². The molecule has 0 bridgehead atoms. The minimum atomic E-state index is -0.500. The summed E-state index contributed by atoms with van der Waals surface area (Å²) in [7, 11) is 0. The highest BCUT2D eigenvalue weighted by Crippen LogP contribution is 2.28. The Kier molecular flexibility index (Phi) is 6.19. The molecule has 0 aliphatic carbocycles. The Bertz CT molecular complexity index is 1080. The highest BCUT2D eigenvalue weighted by atomic mass is 19.1. The van der Waals surface area contributed by atoms with Crippen molar-refractivity contribution < 1.29 is 13.9 Å². The Balaban J connectivity index is 1.18. The van der Waals surface area contributed by atoms with Gasteiger partial charge in [0.25, 0.3) is 0 Å². The van der Waals surface area contributed by atoms with Crippen molar-refractivity contribution in [3.05, 3.63) is 94.8 Å². The van der Waals surface area contributed by atoms with Crippen LogP contribution in [0.15, 0.2) is 76.7 Å². The van der Waals surface area contributed by atoms with Crippen molar-refractivity contribution in [2.75, 3.05) is 26.2 Å². The summed E-state index contributed by atoms with van der Waals surface area (Å²) in [4.78, 5) is 8.83. The van der Waals surface area contributed by atoms with Gasteiger partial charge in [0.2, 0.25) is 5.82 Å². The summed E-state index contributed by atoms with van der Waals surface area (Å²) < 4.78 is 26.4. The van der Waals surface area contributed by atoms with Crippen LogP contribution >= 0.6 is 0 Å². The molecule has 0 amide bonds. The van der Waals surface area contributed by atoms with E-state index < -0.39 is 5.82 Å². The number of hydrogen-bond acceptors (Lipinski definition) is 6. The van der Waals surface area contributed by atoms with Crippen LogP contribution < -0.4 is 20.1 Å². The standard InChI is InChI=1S/C26H25FN4O2/c27-24-22(32-16-18-4-8-20(9-5-18)25-28-12-13-29-25)2-1-3-23(24)33-17-19-6-10-21(11-7-19)26-30-14-15-31-26/h1-11H,12-17H2,(H,28,29)(H,30,31). The molecule has 33 heavy (non-hydrogen) atoms. The first-order valence-corrected chi connectivity index (χ1v) is 11.1. The molecule has 0 radical (unpaired) electrons. The summed E-state index contributed by atoms with van der Waals surface area (Å²) in [6.45, 7) is 3.87. The van der Waals surface area contributed by atoms with Gasteiger partial charge in [-0.15, -0.1) is 0 Å². The van der Waals surface area contributed by atoms with Crippen molar-refractivity contribution in [1.82, 2.24) is 10.6 Å². The number of halogens is 1. The number of rotatable bonds is 8. The topological polar surface area (TPSA) is 67.2 Å². The van der Waals surface area contributed by atoms with E-state index in [9.17, 15) is 4.39 Å². The van der Waals surface area contributed by atoms with Crippen LogP contribution in [0.5, 0.6) is 11.5 Å². The molecule has 0 atom stereocenters. The number of aliphatic imine (C=N–C) groups is 2. The molecule has 0 unspecified atom stereocenters. The minimum Gasteiger partial charge on any atom is -0.486 e. The first kappa shape index (κ1) is 21.0. The average Bonchev–Trinajstić information content (AvgIpc) is 3.58. The van der Waals surface area contributed by atoms with Crippen molar-refractivity contribution in [2.45, 2.75) is 13.2 Å². The normalized spacial score (nSPS) is 14.8. The maximum Gasteiger partial charge on any atom is 0.206 e. The molecule has 7 heteroatoms. The number of benzene rings is 3. The van der Waals surface area contributed by atoms with Crippen molar-refractivity contribution >= 4 is 11.7 Å². The van der Waals surface area contributed by atoms with E-state index in [2.05, 4.69) is 20.6 Å². The number of nitrogens with one attached hydrogen (secondary N) is 2. The van der Waals surface area contributed by atoms with E-state index in [0.29, 0.717) is 0 Å². The van der Waals surface area contributed by atoms with Crippen LogP contribution in [0.4, 0.5) is 4.39 Å². The lowest BCUT2D eigenvalue weighted by Crippen LogP contribution is -2.19. The number of nitrogens with zero attached hydrogens (tertiary/aromatic N) is 2. The monoisotopic (exact) mass is 444 g/mol. The lowest BCUT2D eigenvalue weighted by atomic mass is 10.1. The second-order valence-electron chi connectivity index (χ2n) is 7.85. The molecule has 3 aromatic rings. The highest BCUT2D eigenvalue weighted by Gasteiger charge is 2.13. The van der Waals surface area contributed by atoms with Crippen molar-refractivity contribution in [1.29, 1.82) is 0 Å². The molecule has 0 saturated heterocycles. The first-order valence-electron chi connectivity index (χ1n) is 11.1. The molecule has 0 fully saturated rings. The van der Waals surface area contributed by atoms with Crippen LogP contribution in [0.3, 0.4) is 0 Å². The fourth-order valence-electron chi connectivity index (χ4n) is 3.74. The van der Waals surface area contributed by atoms with E-state index in [1.165, 1.54) is 0 Å². The molecule has 0 spiro atoms. The summed E-state index contributed by atoms with van der Waals surface area (Å²) in [5.74, 6) is 1.66. The van der Waals surface area contributed by atoms with Gasteiger partial charge in [0, 0.05) is 24.2 Å². The zero-order valence-electron chi connectivity index (χ0n) is 18.2. The Labute approximate surface area is 192 Å². The third kappa shape index (κ3) is 4.98. The third-order valence-corrected chi connectivity index (χ3v) is 5.52. The van der Waals surface area contributed by atoms with E-state index in [1.54, 1.807) is 18.2 Å². The zero-order chi connectivity index (χ0) is 22.5. The summed E-state index contributed by atoms with van der Waals surface area (Å²) >= 11 is 0. The predicted molar refractivity (Wildman–Crippen MR) is 127 cm³/mol. The zero-order valence-corrected chi connectivity index (χ0v) is 18.2. The first-order chi connectivity index (χ1) is 16.3. The molecule has 2 N–H and O–H groups in total. The van der Waals surface area contributed by atoms with Gasteiger partial charge in [0.1, 0.15) is 24.9 Å². The SMILES string of the molecule is Fc1c(OCc2ccc(C3=NCCN3)cc2)cccc1OCc1ccc(C2=NCCN2)cc1. The lowest BCUT2D eigenvalue weighted by Gasteiger charge is -2.12. The Morgan fingerprint density at radius 3 is 1.52 bits per heavy atom. The van der Waals surface area contributed by atoms with Crippen molar-refractivity contribution in [2.24, 2.45) is 9.98 Å². The van der Waals surface area contributed by atoms with Gasteiger partial charge in [-0.1, -0.05) is 54.6 Å². The Morgan fingerprint density at radius 1 is 0.667 bits per heavy atom. The number of amidine groups is 2. The summed E-state index contributed by atoms with van der Waals surface area (Å²) in [6, 6.07) is 20.8. The van der Waals surface area contributed by atoms with Gasteiger partial charge in [-0.25, -0.2) is 0 Å². The van der Waals surface area contributed by atoms with E-state index in [0.717, 1.165) is 60.1 Å². The summed E-state index contributed by atoms with van der Waals surface area (Å²) in [5.41, 5.74) is 3.98. The predicted octanol–water partition coefficient (Wildman–Crippen LogP) is 3.68. The van der Waals surface area contributed by atoms with Crippen LogP contribution in [-0.2, 0) is 13.2 Å². The molecule has 6 nitrogen and oxygen atoms in total. The largest absolute Gasteiger partial charge is 0.486 e. The van der Waals surface area contributed by atoms with Gasteiger partial charge >= 0.3 is 0 Å². The molecule has 5 rings (SSSR count). The molecule has 168 valence electrons. The lowest BCUT2D eigenvalue weighted by molar-refractivity contribution is 0.263. The van der Waals surface area contributed by atoms with Gasteiger partial charge in [-0.3, -0.25) is 9.98 Å². The molecular weight excluding hydrogens is 419 g/mol. The van der Waals surface area contributed by atoms with Crippen LogP contribution in [0.25, 0.3) is 0 Å². The molecule has 0 saturated carbocycles. The number of ether oxygens (including phenoxy) is 2. The fraction of sp³-hybridized carbons (Fsp3) is 0.231. The van der Waals surface area contributed by atoms with E-state index >= 15 is 0 Å². The molecule has 2 heterocycles. The maximum absolute atomic E-state index is 14.9. The summed E-state index contributed by atoms with van der Waals surface area (Å²) in [5, 5.41) is 6.50. The van der Waals surface area contributed by atoms with Crippen LogP contribution in [0.2, 0.25) is 0 Å². The van der Waals surface area contributed by atoms with Gasteiger partial charge in [-0.2, -0.15) is 4.39 Å². The smallest absolute Gasteiger partial charge is 0.206 e. The van der Waals surface area contributed by atoms with Gasteiger partial charge in [0.15, 0.2) is 11.5 Å². The number of hydrogen-bond donors (Lipinski definition) is 2.